The fourth-order valence-corrected chi connectivity index (χ4v) is 6.12. The van der Waals surface area contributed by atoms with Crippen molar-refractivity contribution < 1.29 is 0 Å². The third-order valence-corrected chi connectivity index (χ3v) is 7.41. The summed E-state index contributed by atoms with van der Waals surface area (Å²) in [5.74, 6) is 0. The molecule has 6 aromatic rings. The Morgan fingerprint density at radius 1 is 0.600 bits per heavy atom. The van der Waals surface area contributed by atoms with Gasteiger partial charge >= 0.3 is 0 Å². The van der Waals surface area contributed by atoms with Crippen molar-refractivity contribution >= 4 is 56.2 Å². The molecular formula is C26H15ClN2S. The van der Waals surface area contributed by atoms with Gasteiger partial charge in [-0.15, -0.1) is 0 Å². The van der Waals surface area contributed by atoms with E-state index in [-0.39, 0.29) is 0 Å². The van der Waals surface area contributed by atoms with Crippen LogP contribution in [0.4, 0.5) is 0 Å². The Bertz CT molecular complexity index is 1640. The average molecular weight is 423 g/mol. The molecule has 0 saturated carbocycles. The van der Waals surface area contributed by atoms with Crippen LogP contribution in [0.2, 0.25) is 5.02 Å². The van der Waals surface area contributed by atoms with Crippen molar-refractivity contribution in [2.24, 2.45) is 0 Å². The molecular weight excluding hydrogens is 408 g/mol. The van der Waals surface area contributed by atoms with Crippen LogP contribution in [0.15, 0.2) is 101 Å². The fraction of sp³-hybridized carbons (Fsp3) is 0. The van der Waals surface area contributed by atoms with Gasteiger partial charge in [-0.2, -0.15) is 0 Å². The first-order chi connectivity index (χ1) is 14.8. The zero-order valence-corrected chi connectivity index (χ0v) is 17.4. The van der Waals surface area contributed by atoms with Gasteiger partial charge in [0, 0.05) is 25.9 Å². The second-order valence-corrected chi connectivity index (χ2v) is 9.05. The topological polar surface area (TPSA) is 9.86 Å². The smallest absolute Gasteiger partial charge is 0.131 e. The van der Waals surface area contributed by atoms with E-state index in [0.717, 1.165) is 10.7 Å². The number of para-hydroxylation sites is 4. The van der Waals surface area contributed by atoms with E-state index >= 15 is 0 Å². The maximum Gasteiger partial charge on any atom is 0.131 e. The maximum atomic E-state index is 6.72. The average Bonchev–Trinajstić information content (AvgIpc) is 3.29. The zero-order valence-electron chi connectivity index (χ0n) is 15.8. The summed E-state index contributed by atoms with van der Waals surface area (Å²) in [6.07, 6.45) is 0. The largest absolute Gasteiger partial charge is 0.293 e. The quantitative estimate of drug-likeness (QED) is 0.262. The van der Waals surface area contributed by atoms with Crippen molar-refractivity contribution in [1.29, 1.82) is 0 Å². The van der Waals surface area contributed by atoms with Crippen LogP contribution in [0.1, 0.15) is 0 Å². The minimum Gasteiger partial charge on any atom is -0.293 e. The Kier molecular flexibility index (Phi) is 3.30. The van der Waals surface area contributed by atoms with Gasteiger partial charge in [-0.05, 0) is 36.4 Å². The van der Waals surface area contributed by atoms with Gasteiger partial charge in [-0.3, -0.25) is 9.13 Å². The highest BCUT2D eigenvalue weighted by Crippen LogP contribution is 2.49. The predicted molar refractivity (Wildman–Crippen MR) is 127 cm³/mol. The number of rotatable bonds is 1. The maximum absolute atomic E-state index is 6.72. The fourth-order valence-electron chi connectivity index (χ4n) is 4.80. The molecule has 0 atom stereocenters. The van der Waals surface area contributed by atoms with Crippen molar-refractivity contribution in [3.05, 3.63) is 96.0 Å². The van der Waals surface area contributed by atoms with E-state index in [1.54, 1.807) is 0 Å². The molecule has 0 aliphatic carbocycles. The highest BCUT2D eigenvalue weighted by molar-refractivity contribution is 7.99. The van der Waals surface area contributed by atoms with E-state index in [1.165, 1.54) is 48.3 Å². The van der Waals surface area contributed by atoms with Crippen molar-refractivity contribution in [3.8, 4) is 11.4 Å². The lowest BCUT2D eigenvalue weighted by Gasteiger charge is -2.21. The third-order valence-electron chi connectivity index (χ3n) is 5.97. The molecule has 1 aliphatic rings. The molecule has 1 aliphatic heterocycles. The Balaban J connectivity index is 1.82. The lowest BCUT2D eigenvalue weighted by molar-refractivity contribution is 1.03. The van der Waals surface area contributed by atoms with Gasteiger partial charge in [0.05, 0.1) is 27.4 Å². The first kappa shape index (κ1) is 16.6. The van der Waals surface area contributed by atoms with Gasteiger partial charge in [0.1, 0.15) is 5.65 Å². The molecule has 0 spiro atoms. The van der Waals surface area contributed by atoms with Crippen LogP contribution in [0, 0.1) is 0 Å². The summed E-state index contributed by atoms with van der Waals surface area (Å²) in [6.45, 7) is 0. The molecule has 0 fully saturated rings. The number of benzene rings is 4. The molecule has 142 valence electrons. The van der Waals surface area contributed by atoms with Crippen LogP contribution in [0.3, 0.4) is 0 Å². The molecule has 0 radical (unpaired) electrons. The molecule has 0 bridgehead atoms. The molecule has 3 heterocycles. The number of nitrogens with zero attached hydrogens (tertiary/aromatic N) is 2. The predicted octanol–water partition coefficient (Wildman–Crippen LogP) is 7.85. The molecule has 7 rings (SSSR count). The minimum atomic E-state index is 0.747. The van der Waals surface area contributed by atoms with E-state index in [4.69, 9.17) is 11.6 Å². The molecule has 0 unspecified atom stereocenters. The van der Waals surface area contributed by atoms with E-state index in [0.29, 0.717) is 0 Å². The van der Waals surface area contributed by atoms with Crippen molar-refractivity contribution in [3.63, 3.8) is 0 Å². The molecule has 30 heavy (non-hydrogen) atoms. The van der Waals surface area contributed by atoms with E-state index in [1.807, 2.05) is 23.9 Å². The Morgan fingerprint density at radius 3 is 2.20 bits per heavy atom. The SMILES string of the molecule is Clc1ccccc1-n1c2ccccc2c2c3cccc4c3n(c21)-c1ccccc1S4. The first-order valence-electron chi connectivity index (χ1n) is 9.91. The summed E-state index contributed by atoms with van der Waals surface area (Å²) in [5, 5.41) is 4.56. The lowest BCUT2D eigenvalue weighted by Crippen LogP contribution is -2.05. The normalized spacial score (nSPS) is 12.7. The van der Waals surface area contributed by atoms with Gasteiger partial charge in [0.15, 0.2) is 0 Å². The van der Waals surface area contributed by atoms with Gasteiger partial charge in [-0.25, -0.2) is 0 Å². The summed E-state index contributed by atoms with van der Waals surface area (Å²) < 4.78 is 4.75. The van der Waals surface area contributed by atoms with Crippen molar-refractivity contribution in [1.82, 2.24) is 9.13 Å². The summed E-state index contributed by atoms with van der Waals surface area (Å²) in [7, 11) is 0. The number of halogens is 1. The van der Waals surface area contributed by atoms with Crippen molar-refractivity contribution in [2.45, 2.75) is 9.79 Å². The molecule has 4 aromatic carbocycles. The number of aromatic nitrogens is 2. The Labute approximate surface area is 182 Å². The second kappa shape index (κ2) is 5.94. The summed E-state index contributed by atoms with van der Waals surface area (Å²) in [5.41, 5.74) is 5.83. The number of fused-ring (bicyclic) bond motifs is 7. The number of hydrogen-bond donors (Lipinski definition) is 0. The summed E-state index contributed by atoms with van der Waals surface area (Å²) in [4.78, 5) is 2.56. The van der Waals surface area contributed by atoms with Gasteiger partial charge in [0.25, 0.3) is 0 Å². The first-order valence-corrected chi connectivity index (χ1v) is 11.1. The molecule has 0 N–H and O–H groups in total. The Morgan fingerprint density at radius 2 is 1.30 bits per heavy atom. The Hall–Kier alpha value is -3.14. The highest BCUT2D eigenvalue weighted by Gasteiger charge is 2.27. The van der Waals surface area contributed by atoms with Crippen LogP contribution in [0.25, 0.3) is 44.2 Å². The van der Waals surface area contributed by atoms with Gasteiger partial charge in [0.2, 0.25) is 0 Å². The molecule has 0 saturated heterocycles. The van der Waals surface area contributed by atoms with E-state index in [9.17, 15) is 0 Å². The van der Waals surface area contributed by atoms with Crippen LogP contribution >= 0.6 is 23.4 Å². The summed E-state index contributed by atoms with van der Waals surface area (Å²) >= 11 is 8.57. The molecule has 4 heteroatoms. The minimum absolute atomic E-state index is 0.747. The second-order valence-electron chi connectivity index (χ2n) is 7.56. The van der Waals surface area contributed by atoms with Crippen molar-refractivity contribution in [2.75, 3.05) is 0 Å². The molecule has 0 amide bonds. The molecule has 2 nitrogen and oxygen atoms in total. The zero-order chi connectivity index (χ0) is 19.8. The standard InChI is InChI=1S/C26H15ClN2S/c27-18-10-2-4-12-20(18)28-19-11-3-1-8-16(19)24-17-9-7-15-23-25(17)29(26(24)28)21-13-5-6-14-22(21)30-23/h1-15H. The van der Waals surface area contributed by atoms with Gasteiger partial charge < -0.3 is 0 Å². The van der Waals surface area contributed by atoms with Crippen LogP contribution in [-0.2, 0) is 0 Å². The summed E-state index contributed by atoms with van der Waals surface area (Å²) in [6, 6.07) is 32.0. The third kappa shape index (κ3) is 2.01. The number of hydrogen-bond acceptors (Lipinski definition) is 1. The van der Waals surface area contributed by atoms with E-state index < -0.39 is 0 Å². The monoisotopic (exact) mass is 422 g/mol. The van der Waals surface area contributed by atoms with Crippen LogP contribution in [0.5, 0.6) is 0 Å². The van der Waals surface area contributed by atoms with E-state index in [2.05, 4.69) is 88.0 Å². The highest BCUT2D eigenvalue weighted by atomic mass is 35.5. The van der Waals surface area contributed by atoms with Crippen LogP contribution in [-0.4, -0.2) is 9.13 Å². The molecule has 2 aromatic heterocycles. The lowest BCUT2D eigenvalue weighted by atomic mass is 10.1. The van der Waals surface area contributed by atoms with Gasteiger partial charge in [-0.1, -0.05) is 78.0 Å². The van der Waals surface area contributed by atoms with Crippen LogP contribution < -0.4 is 0 Å².